The number of hydrogen-bond donors (Lipinski definition) is 2. The van der Waals surface area contributed by atoms with Crippen LogP contribution in [-0.2, 0) is 20.7 Å². The lowest BCUT2D eigenvalue weighted by Crippen LogP contribution is -2.36. The van der Waals surface area contributed by atoms with E-state index in [1.165, 1.54) is 13.2 Å². The minimum absolute atomic E-state index is 0.279. The Bertz CT molecular complexity index is 792. The van der Waals surface area contributed by atoms with Crippen molar-refractivity contribution in [1.82, 2.24) is 5.32 Å². The summed E-state index contributed by atoms with van der Waals surface area (Å²) in [6.45, 7) is 0.300. The van der Waals surface area contributed by atoms with Crippen LogP contribution in [0, 0.1) is 0 Å². The molecule has 6 nitrogen and oxygen atoms in total. The molecule has 7 heteroatoms. The van der Waals surface area contributed by atoms with Crippen LogP contribution in [0.2, 0.25) is 5.02 Å². The molecule has 0 saturated heterocycles. The summed E-state index contributed by atoms with van der Waals surface area (Å²) in [5.74, 6) is -2.10. The lowest BCUT2D eigenvalue weighted by atomic mass is 10.1. The summed E-state index contributed by atoms with van der Waals surface area (Å²) in [6, 6.07) is 13.4. The van der Waals surface area contributed by atoms with E-state index >= 15 is 0 Å². The standard InChI is InChI=1S/C18H17ClN2O4/c1-25-18(24)13-5-3-7-15(11-13)21-17(23)16(22)20-9-8-12-4-2-6-14(19)10-12/h2-7,10-11H,8-9H2,1H3,(H,20,22)(H,21,23). The summed E-state index contributed by atoms with van der Waals surface area (Å²) in [7, 11) is 1.26. The maximum atomic E-state index is 11.9. The van der Waals surface area contributed by atoms with Crippen LogP contribution in [-0.4, -0.2) is 31.4 Å². The lowest BCUT2D eigenvalue weighted by Gasteiger charge is -2.08. The first-order valence-corrected chi connectivity index (χ1v) is 7.89. The second kappa shape index (κ2) is 8.84. The van der Waals surface area contributed by atoms with E-state index in [1.54, 1.807) is 30.3 Å². The van der Waals surface area contributed by atoms with E-state index in [0.29, 0.717) is 23.7 Å². The summed E-state index contributed by atoms with van der Waals surface area (Å²) in [6.07, 6.45) is 0.553. The van der Waals surface area contributed by atoms with Crippen LogP contribution in [0.1, 0.15) is 15.9 Å². The molecule has 2 aromatic rings. The predicted octanol–water partition coefficient (Wildman–Crippen LogP) is 2.42. The minimum atomic E-state index is -0.812. The number of methoxy groups -OCH3 is 1. The molecule has 2 amide bonds. The number of nitrogens with one attached hydrogen (secondary N) is 2. The summed E-state index contributed by atoms with van der Waals surface area (Å²) in [5.41, 5.74) is 1.57. The zero-order valence-electron chi connectivity index (χ0n) is 13.5. The first kappa shape index (κ1) is 18.5. The normalized spacial score (nSPS) is 10.0. The number of carbonyl (C=O) groups excluding carboxylic acids is 3. The van der Waals surface area contributed by atoms with Crippen molar-refractivity contribution >= 4 is 35.1 Å². The van der Waals surface area contributed by atoms with Gasteiger partial charge in [-0.2, -0.15) is 0 Å². The van der Waals surface area contributed by atoms with Gasteiger partial charge >= 0.3 is 17.8 Å². The second-order valence-corrected chi connectivity index (χ2v) is 5.60. The molecule has 0 unspecified atom stereocenters. The summed E-state index contributed by atoms with van der Waals surface area (Å²) < 4.78 is 4.61. The smallest absolute Gasteiger partial charge is 0.337 e. The summed E-state index contributed by atoms with van der Waals surface area (Å²) in [4.78, 5) is 35.2. The number of esters is 1. The van der Waals surface area contributed by atoms with E-state index in [1.807, 2.05) is 12.1 Å². The molecule has 25 heavy (non-hydrogen) atoms. The Morgan fingerprint density at radius 3 is 2.52 bits per heavy atom. The molecule has 2 aromatic carbocycles. The fourth-order valence-corrected chi connectivity index (χ4v) is 2.34. The molecule has 2 N–H and O–H groups in total. The van der Waals surface area contributed by atoms with Gasteiger partial charge in [-0.05, 0) is 42.3 Å². The maximum absolute atomic E-state index is 11.9. The molecule has 0 radical (unpaired) electrons. The fraction of sp³-hybridized carbons (Fsp3) is 0.167. The molecule has 0 aliphatic rings. The molecular formula is C18H17ClN2O4. The average Bonchev–Trinajstić information content (AvgIpc) is 2.61. The third kappa shape index (κ3) is 5.61. The van der Waals surface area contributed by atoms with Gasteiger partial charge in [0.15, 0.2) is 0 Å². The first-order chi connectivity index (χ1) is 12.0. The SMILES string of the molecule is COC(=O)c1cccc(NC(=O)C(=O)NCCc2cccc(Cl)c2)c1. The van der Waals surface area contributed by atoms with E-state index < -0.39 is 17.8 Å². The number of amides is 2. The van der Waals surface area contributed by atoms with Gasteiger partial charge < -0.3 is 15.4 Å². The van der Waals surface area contributed by atoms with Crippen LogP contribution >= 0.6 is 11.6 Å². The van der Waals surface area contributed by atoms with Crippen molar-refractivity contribution in [2.45, 2.75) is 6.42 Å². The molecule has 0 aliphatic heterocycles. The molecule has 130 valence electrons. The van der Waals surface area contributed by atoms with Crippen molar-refractivity contribution in [2.75, 3.05) is 19.0 Å². The third-order valence-corrected chi connectivity index (χ3v) is 3.57. The quantitative estimate of drug-likeness (QED) is 0.633. The van der Waals surface area contributed by atoms with E-state index in [9.17, 15) is 14.4 Å². The van der Waals surface area contributed by atoms with E-state index in [-0.39, 0.29) is 5.56 Å². The summed E-state index contributed by atoms with van der Waals surface area (Å²) in [5, 5.41) is 5.59. The van der Waals surface area contributed by atoms with E-state index in [2.05, 4.69) is 15.4 Å². The largest absolute Gasteiger partial charge is 0.465 e. The number of carbonyl (C=O) groups is 3. The zero-order valence-corrected chi connectivity index (χ0v) is 14.3. The van der Waals surface area contributed by atoms with Crippen molar-refractivity contribution in [3.63, 3.8) is 0 Å². The van der Waals surface area contributed by atoms with Crippen LogP contribution in [0.25, 0.3) is 0 Å². The average molecular weight is 361 g/mol. The molecule has 0 atom stereocenters. The van der Waals surface area contributed by atoms with Crippen molar-refractivity contribution < 1.29 is 19.1 Å². The number of ether oxygens (including phenoxy) is 1. The van der Waals surface area contributed by atoms with Gasteiger partial charge in [0.1, 0.15) is 0 Å². The van der Waals surface area contributed by atoms with Crippen LogP contribution < -0.4 is 10.6 Å². The Morgan fingerprint density at radius 1 is 1.04 bits per heavy atom. The second-order valence-electron chi connectivity index (χ2n) is 5.16. The molecule has 0 aliphatic carbocycles. The van der Waals surface area contributed by atoms with Gasteiger partial charge in [0, 0.05) is 17.3 Å². The number of benzene rings is 2. The van der Waals surface area contributed by atoms with Crippen LogP contribution in [0.4, 0.5) is 5.69 Å². The molecule has 0 bridgehead atoms. The highest BCUT2D eigenvalue weighted by atomic mass is 35.5. The van der Waals surface area contributed by atoms with E-state index in [0.717, 1.165) is 5.56 Å². The highest BCUT2D eigenvalue weighted by Crippen LogP contribution is 2.12. The van der Waals surface area contributed by atoms with Crippen LogP contribution in [0.15, 0.2) is 48.5 Å². The van der Waals surface area contributed by atoms with Gasteiger partial charge in [0.25, 0.3) is 0 Å². The van der Waals surface area contributed by atoms with Gasteiger partial charge in [-0.1, -0.05) is 29.8 Å². The van der Waals surface area contributed by atoms with Crippen molar-refractivity contribution in [1.29, 1.82) is 0 Å². The van der Waals surface area contributed by atoms with Gasteiger partial charge in [0.2, 0.25) is 0 Å². The Morgan fingerprint density at radius 2 is 1.80 bits per heavy atom. The maximum Gasteiger partial charge on any atom is 0.337 e. The minimum Gasteiger partial charge on any atom is -0.465 e. The third-order valence-electron chi connectivity index (χ3n) is 3.34. The number of rotatable bonds is 5. The molecule has 2 rings (SSSR count). The van der Waals surface area contributed by atoms with E-state index in [4.69, 9.17) is 11.6 Å². The fourth-order valence-electron chi connectivity index (χ4n) is 2.12. The Hall–Kier alpha value is -2.86. The van der Waals surface area contributed by atoms with Crippen molar-refractivity contribution in [2.24, 2.45) is 0 Å². The van der Waals surface area contributed by atoms with Gasteiger partial charge in [-0.3, -0.25) is 9.59 Å². The van der Waals surface area contributed by atoms with Gasteiger partial charge in [0.05, 0.1) is 12.7 Å². The topological polar surface area (TPSA) is 84.5 Å². The first-order valence-electron chi connectivity index (χ1n) is 7.51. The Balaban J connectivity index is 1.86. The molecule has 0 aromatic heterocycles. The van der Waals surface area contributed by atoms with Crippen molar-refractivity contribution in [3.05, 3.63) is 64.7 Å². The lowest BCUT2D eigenvalue weighted by molar-refractivity contribution is -0.136. The summed E-state index contributed by atoms with van der Waals surface area (Å²) >= 11 is 5.89. The highest BCUT2D eigenvalue weighted by molar-refractivity contribution is 6.39. The zero-order chi connectivity index (χ0) is 18.2. The van der Waals surface area contributed by atoms with Crippen LogP contribution in [0.5, 0.6) is 0 Å². The Kier molecular flexibility index (Phi) is 6.54. The number of hydrogen-bond acceptors (Lipinski definition) is 4. The molecule has 0 spiro atoms. The molecule has 0 fully saturated rings. The number of anilines is 1. The van der Waals surface area contributed by atoms with Gasteiger partial charge in [-0.25, -0.2) is 4.79 Å². The Labute approximate surface area is 150 Å². The molecule has 0 saturated carbocycles. The molecular weight excluding hydrogens is 344 g/mol. The predicted molar refractivity (Wildman–Crippen MR) is 94.6 cm³/mol. The van der Waals surface area contributed by atoms with Crippen LogP contribution in [0.3, 0.4) is 0 Å². The van der Waals surface area contributed by atoms with Crippen molar-refractivity contribution in [3.8, 4) is 0 Å². The number of halogens is 1. The molecule has 0 heterocycles. The highest BCUT2D eigenvalue weighted by Gasteiger charge is 2.14. The van der Waals surface area contributed by atoms with Gasteiger partial charge in [-0.15, -0.1) is 0 Å². The monoisotopic (exact) mass is 360 g/mol.